The fourth-order valence-corrected chi connectivity index (χ4v) is 1.20. The van der Waals surface area contributed by atoms with Crippen molar-refractivity contribution in [1.29, 1.82) is 5.26 Å². The molecule has 0 saturated carbocycles. The normalized spacial score (nSPS) is 12.8. The minimum Gasteiger partial charge on any atom is -0.315 e. The summed E-state index contributed by atoms with van der Waals surface area (Å²) in [6, 6.07) is 2.81. The average molecular weight is 197 g/mol. The lowest BCUT2D eigenvalue weighted by atomic mass is 10.2. The molecule has 0 amide bonds. The van der Waals surface area contributed by atoms with E-state index in [0.717, 1.165) is 26.1 Å². The van der Waals surface area contributed by atoms with Crippen LogP contribution >= 0.6 is 0 Å². The van der Waals surface area contributed by atoms with Crippen molar-refractivity contribution in [2.75, 3.05) is 26.7 Å². The molecule has 0 aliphatic rings. The molecule has 0 aliphatic carbocycles. The molecular weight excluding hydrogens is 174 g/mol. The first kappa shape index (κ1) is 13.4. The first-order valence-corrected chi connectivity index (χ1v) is 5.50. The quantitative estimate of drug-likeness (QED) is 0.601. The Morgan fingerprint density at radius 1 is 1.43 bits per heavy atom. The molecule has 0 aromatic rings. The van der Waals surface area contributed by atoms with Gasteiger partial charge in [0, 0.05) is 25.6 Å². The van der Waals surface area contributed by atoms with Crippen LogP contribution in [0.25, 0.3) is 0 Å². The van der Waals surface area contributed by atoms with E-state index in [4.69, 9.17) is 5.26 Å². The molecule has 0 fully saturated rings. The number of hydrogen-bond donors (Lipinski definition) is 1. The van der Waals surface area contributed by atoms with Crippen LogP contribution in [0.2, 0.25) is 0 Å². The van der Waals surface area contributed by atoms with Crippen LogP contribution < -0.4 is 5.32 Å². The lowest BCUT2D eigenvalue weighted by molar-refractivity contribution is 0.252. The molecule has 0 saturated heterocycles. The Kier molecular flexibility index (Phi) is 8.61. The van der Waals surface area contributed by atoms with Gasteiger partial charge in [0.05, 0.1) is 6.07 Å². The van der Waals surface area contributed by atoms with E-state index in [1.165, 1.54) is 6.42 Å². The Morgan fingerprint density at radius 3 is 2.71 bits per heavy atom. The van der Waals surface area contributed by atoms with Crippen molar-refractivity contribution < 1.29 is 0 Å². The molecule has 82 valence electrons. The molecule has 3 heteroatoms. The number of nitrogens with zero attached hydrogens (tertiary/aromatic N) is 2. The molecule has 0 spiro atoms. The fraction of sp³-hybridized carbons (Fsp3) is 0.909. The molecule has 1 N–H and O–H groups in total. The Morgan fingerprint density at radius 2 is 2.14 bits per heavy atom. The highest BCUT2D eigenvalue weighted by Crippen LogP contribution is 1.97. The van der Waals surface area contributed by atoms with Gasteiger partial charge in [-0.05, 0) is 33.4 Å². The first-order chi connectivity index (χ1) is 6.72. The summed E-state index contributed by atoms with van der Waals surface area (Å²) in [6.45, 7) is 7.52. The van der Waals surface area contributed by atoms with Crippen molar-refractivity contribution in [3.05, 3.63) is 0 Å². The lowest BCUT2D eigenvalue weighted by Crippen LogP contribution is -2.35. The molecule has 14 heavy (non-hydrogen) atoms. The van der Waals surface area contributed by atoms with Gasteiger partial charge in [0.15, 0.2) is 0 Å². The van der Waals surface area contributed by atoms with Gasteiger partial charge in [-0.3, -0.25) is 0 Å². The summed E-state index contributed by atoms with van der Waals surface area (Å²) in [5.41, 5.74) is 0. The zero-order chi connectivity index (χ0) is 10.8. The third-order valence-electron chi connectivity index (χ3n) is 2.63. The van der Waals surface area contributed by atoms with Crippen molar-refractivity contribution in [3.63, 3.8) is 0 Å². The van der Waals surface area contributed by atoms with Gasteiger partial charge in [0.2, 0.25) is 0 Å². The van der Waals surface area contributed by atoms with E-state index in [1.807, 2.05) is 0 Å². The number of hydrogen-bond acceptors (Lipinski definition) is 3. The van der Waals surface area contributed by atoms with Gasteiger partial charge >= 0.3 is 0 Å². The molecular formula is C11H23N3. The molecule has 0 heterocycles. The molecule has 0 aliphatic heterocycles. The second kappa shape index (κ2) is 8.98. The second-order valence-corrected chi connectivity index (χ2v) is 3.75. The van der Waals surface area contributed by atoms with Crippen LogP contribution in [0, 0.1) is 11.3 Å². The molecule has 0 bridgehead atoms. The summed E-state index contributed by atoms with van der Waals surface area (Å²) < 4.78 is 0. The lowest BCUT2D eigenvalue weighted by Gasteiger charge is -2.23. The summed E-state index contributed by atoms with van der Waals surface area (Å²) in [7, 11) is 2.16. The third-order valence-corrected chi connectivity index (χ3v) is 2.63. The van der Waals surface area contributed by atoms with E-state index >= 15 is 0 Å². The van der Waals surface area contributed by atoms with Crippen LogP contribution in [0.5, 0.6) is 0 Å². The number of nitriles is 1. The second-order valence-electron chi connectivity index (χ2n) is 3.75. The van der Waals surface area contributed by atoms with Crippen LogP contribution in [0.15, 0.2) is 0 Å². The van der Waals surface area contributed by atoms with E-state index in [-0.39, 0.29) is 0 Å². The number of unbranched alkanes of at least 4 members (excludes halogenated alkanes) is 1. The minimum atomic E-state index is 0.661. The number of likely N-dealkylation sites (N-methyl/N-ethyl adjacent to an activating group) is 1. The van der Waals surface area contributed by atoms with E-state index < -0.39 is 0 Å². The van der Waals surface area contributed by atoms with Crippen molar-refractivity contribution in [1.82, 2.24) is 10.2 Å². The number of nitrogens with one attached hydrogen (secondary N) is 1. The van der Waals surface area contributed by atoms with Crippen LogP contribution in [-0.4, -0.2) is 37.6 Å². The van der Waals surface area contributed by atoms with Gasteiger partial charge in [-0.25, -0.2) is 0 Å². The van der Waals surface area contributed by atoms with Crippen molar-refractivity contribution >= 4 is 0 Å². The molecule has 3 nitrogen and oxygen atoms in total. The monoisotopic (exact) mass is 197 g/mol. The van der Waals surface area contributed by atoms with Gasteiger partial charge in [-0.15, -0.1) is 0 Å². The highest BCUT2D eigenvalue weighted by Gasteiger charge is 2.04. The maximum absolute atomic E-state index is 8.33. The standard InChI is InChI=1S/C11H23N3/c1-4-11(2)14(3)10-9-13-8-6-5-7-12/h11,13H,4-6,8-10H2,1-3H3. The van der Waals surface area contributed by atoms with Gasteiger partial charge in [-0.2, -0.15) is 5.26 Å². The Hall–Kier alpha value is -0.590. The smallest absolute Gasteiger partial charge is 0.0622 e. The Labute approximate surface area is 88.1 Å². The Bertz CT molecular complexity index is 162. The molecule has 0 rings (SSSR count). The van der Waals surface area contributed by atoms with E-state index in [9.17, 15) is 0 Å². The van der Waals surface area contributed by atoms with Crippen LogP contribution in [0.3, 0.4) is 0 Å². The molecule has 0 aromatic carbocycles. The van der Waals surface area contributed by atoms with E-state index in [1.54, 1.807) is 0 Å². The highest BCUT2D eigenvalue weighted by atomic mass is 15.1. The van der Waals surface area contributed by atoms with E-state index in [2.05, 4.69) is 37.2 Å². The Balaban J connectivity index is 3.23. The maximum Gasteiger partial charge on any atom is 0.0622 e. The van der Waals surface area contributed by atoms with Crippen LogP contribution in [0.1, 0.15) is 33.1 Å². The van der Waals surface area contributed by atoms with Crippen LogP contribution in [0.4, 0.5) is 0 Å². The zero-order valence-electron chi connectivity index (χ0n) is 9.71. The highest BCUT2D eigenvalue weighted by molar-refractivity contribution is 4.69. The van der Waals surface area contributed by atoms with Crippen molar-refractivity contribution in [2.24, 2.45) is 0 Å². The SMILES string of the molecule is CCC(C)N(C)CCNCCCC#N. The summed E-state index contributed by atoms with van der Waals surface area (Å²) in [4.78, 5) is 2.36. The molecule has 1 unspecified atom stereocenters. The average Bonchev–Trinajstić information content (AvgIpc) is 2.21. The predicted molar refractivity (Wildman–Crippen MR) is 60.1 cm³/mol. The third kappa shape index (κ3) is 6.88. The zero-order valence-corrected chi connectivity index (χ0v) is 9.71. The summed E-state index contributed by atoms with van der Waals surface area (Å²) in [6.07, 6.45) is 2.82. The van der Waals surface area contributed by atoms with Gasteiger partial charge in [0.1, 0.15) is 0 Å². The summed E-state index contributed by atoms with van der Waals surface area (Å²) >= 11 is 0. The predicted octanol–water partition coefficient (Wildman–Crippen LogP) is 1.61. The molecule has 1 atom stereocenters. The largest absolute Gasteiger partial charge is 0.315 e. The van der Waals surface area contributed by atoms with Crippen LogP contribution in [-0.2, 0) is 0 Å². The maximum atomic E-state index is 8.33. The van der Waals surface area contributed by atoms with Gasteiger partial charge in [0.25, 0.3) is 0 Å². The topological polar surface area (TPSA) is 39.1 Å². The van der Waals surface area contributed by atoms with Gasteiger partial charge < -0.3 is 10.2 Å². The summed E-state index contributed by atoms with van der Waals surface area (Å²) in [5.74, 6) is 0. The first-order valence-electron chi connectivity index (χ1n) is 5.50. The molecule has 0 radical (unpaired) electrons. The van der Waals surface area contributed by atoms with Crippen molar-refractivity contribution in [3.8, 4) is 6.07 Å². The fourth-order valence-electron chi connectivity index (χ4n) is 1.20. The molecule has 0 aromatic heterocycles. The summed E-state index contributed by atoms with van der Waals surface area (Å²) in [5, 5.41) is 11.7. The van der Waals surface area contributed by atoms with Crippen molar-refractivity contribution in [2.45, 2.75) is 39.2 Å². The minimum absolute atomic E-state index is 0.661. The number of rotatable bonds is 8. The van der Waals surface area contributed by atoms with E-state index in [0.29, 0.717) is 12.5 Å². The van der Waals surface area contributed by atoms with Gasteiger partial charge in [-0.1, -0.05) is 6.92 Å².